The van der Waals surface area contributed by atoms with Crippen LogP contribution in [0.15, 0.2) is 133 Å². The van der Waals surface area contributed by atoms with Gasteiger partial charge in [0.2, 0.25) is 20.0 Å². The van der Waals surface area contributed by atoms with E-state index in [1.54, 1.807) is 42.5 Å². The quantitative estimate of drug-likeness (QED) is 0.0847. The summed E-state index contributed by atoms with van der Waals surface area (Å²) in [6, 6.07) is 29.3. The number of rotatable bonds is 15. The van der Waals surface area contributed by atoms with E-state index in [0.29, 0.717) is 26.5 Å². The van der Waals surface area contributed by atoms with Crippen molar-refractivity contribution in [3.8, 4) is 0 Å². The molecule has 0 unspecified atom stereocenters. The number of hydrogen-bond donors (Lipinski definition) is 1. The number of sulfonamides is 2. The molecule has 0 fully saturated rings. The Morgan fingerprint density at radius 2 is 1.39 bits per heavy atom. The van der Waals surface area contributed by atoms with E-state index >= 15 is 0 Å². The fourth-order valence-corrected chi connectivity index (χ4v) is 8.35. The molecule has 0 aliphatic rings. The number of hydrogen-bond acceptors (Lipinski definition) is 7. The van der Waals surface area contributed by atoms with Gasteiger partial charge in [-0.3, -0.25) is 4.79 Å². The number of benzene rings is 4. The minimum Gasteiger partial charge on any atom is -0.459 e. The smallest absolute Gasteiger partial charge is 0.255 e. The van der Waals surface area contributed by atoms with Gasteiger partial charge in [0.05, 0.1) is 39.1 Å². The lowest BCUT2D eigenvalue weighted by atomic mass is 10.1. The van der Waals surface area contributed by atoms with Crippen molar-refractivity contribution in [2.75, 3.05) is 13.1 Å². The number of furan rings is 1. The molecule has 0 saturated heterocycles. The van der Waals surface area contributed by atoms with Crippen LogP contribution in [0, 0.1) is 0 Å². The number of nitrogens with one attached hydrogen (secondary N) is 1. The van der Waals surface area contributed by atoms with Gasteiger partial charge in [0, 0.05) is 22.6 Å². The summed E-state index contributed by atoms with van der Waals surface area (Å²) in [5, 5.41) is 4.95. The van der Waals surface area contributed by atoms with Gasteiger partial charge in [0.15, 0.2) is 0 Å². The van der Waals surface area contributed by atoms with Gasteiger partial charge in [-0.1, -0.05) is 87.1 Å². The first-order valence-corrected chi connectivity index (χ1v) is 20.0. The summed E-state index contributed by atoms with van der Waals surface area (Å²) >= 11 is 21.6. The molecule has 16 heteroatoms. The number of hydrazone groups is 1. The van der Waals surface area contributed by atoms with Gasteiger partial charge in [-0.2, -0.15) is 13.7 Å². The monoisotopic (exact) mass is 850 g/mol. The predicted octanol–water partition coefficient (Wildman–Crippen LogP) is 7.78. The molecule has 1 N–H and O–H groups in total. The van der Waals surface area contributed by atoms with E-state index in [4.69, 9.17) is 39.2 Å². The average Bonchev–Trinajstić information content (AvgIpc) is 3.55. The van der Waals surface area contributed by atoms with Crippen molar-refractivity contribution in [2.45, 2.75) is 29.3 Å². The molecule has 5 aromatic rings. The second-order valence-electron chi connectivity index (χ2n) is 11.1. The van der Waals surface area contributed by atoms with E-state index in [1.807, 2.05) is 30.3 Å². The number of carbonyl (C=O) groups is 1. The van der Waals surface area contributed by atoms with Crippen LogP contribution in [0.2, 0.25) is 15.1 Å². The molecule has 0 radical (unpaired) electrons. The minimum absolute atomic E-state index is 0.0305. The second kappa shape index (κ2) is 17.3. The van der Waals surface area contributed by atoms with Crippen molar-refractivity contribution in [3.63, 3.8) is 0 Å². The molecule has 10 nitrogen and oxygen atoms in total. The van der Waals surface area contributed by atoms with Crippen molar-refractivity contribution in [3.05, 3.63) is 151 Å². The first-order chi connectivity index (χ1) is 24.3. The van der Waals surface area contributed by atoms with Crippen molar-refractivity contribution in [1.29, 1.82) is 0 Å². The Kier molecular flexibility index (Phi) is 13.1. The Balaban J connectivity index is 1.28. The van der Waals surface area contributed by atoms with Crippen LogP contribution in [-0.4, -0.2) is 50.7 Å². The standard InChI is InChI=1S/C35H30BrCl3N4O6S2/c36-27-7-13-31(14-8-27)50(45,46)42(19-18-25-4-2-1-3-5-25)24-35(44)41-40-21-29-11-12-30(49-29)23-43(22-26-6-17-33(38)34(39)20-26)51(47,48)32-15-9-28(37)10-16-32/h1-17,20-21H,18-19,22-24H2,(H,41,44)/b40-21-. The number of halogens is 4. The van der Waals surface area contributed by atoms with Crippen LogP contribution in [0.1, 0.15) is 22.6 Å². The lowest BCUT2D eigenvalue weighted by Gasteiger charge is -2.22. The average molecular weight is 853 g/mol. The van der Waals surface area contributed by atoms with Crippen LogP contribution in [0.25, 0.3) is 0 Å². The Hall–Kier alpha value is -3.53. The zero-order chi connectivity index (χ0) is 36.6. The summed E-state index contributed by atoms with van der Waals surface area (Å²) in [5.41, 5.74) is 3.86. The van der Waals surface area contributed by atoms with Crippen LogP contribution in [0.4, 0.5) is 0 Å². The molecule has 1 amide bonds. The van der Waals surface area contributed by atoms with Crippen LogP contribution in [0.3, 0.4) is 0 Å². The third-order valence-electron chi connectivity index (χ3n) is 7.45. The molecule has 1 heterocycles. The van der Waals surface area contributed by atoms with Gasteiger partial charge in [-0.25, -0.2) is 22.3 Å². The molecule has 5 rings (SSSR count). The van der Waals surface area contributed by atoms with E-state index in [2.05, 4.69) is 26.5 Å². The minimum atomic E-state index is -4.03. The van der Waals surface area contributed by atoms with Crippen molar-refractivity contribution in [1.82, 2.24) is 14.0 Å². The van der Waals surface area contributed by atoms with Crippen LogP contribution < -0.4 is 5.43 Å². The fourth-order valence-electron chi connectivity index (χ4n) is 4.85. The van der Waals surface area contributed by atoms with Gasteiger partial charge in [-0.15, -0.1) is 0 Å². The fraction of sp³-hybridized carbons (Fsp3) is 0.143. The third kappa shape index (κ3) is 10.5. The Morgan fingerprint density at radius 3 is 2.06 bits per heavy atom. The summed E-state index contributed by atoms with van der Waals surface area (Å²) in [6.45, 7) is -0.640. The van der Waals surface area contributed by atoms with Gasteiger partial charge < -0.3 is 4.42 Å². The third-order valence-corrected chi connectivity index (χ3v) is 12.6. The zero-order valence-corrected chi connectivity index (χ0v) is 32.1. The maximum atomic E-state index is 13.7. The van der Waals surface area contributed by atoms with Crippen molar-refractivity contribution >= 4 is 82.9 Å². The molecule has 0 atom stereocenters. The normalized spacial score (nSPS) is 12.2. The molecule has 1 aromatic heterocycles. The van der Waals surface area contributed by atoms with Crippen molar-refractivity contribution in [2.24, 2.45) is 5.10 Å². The van der Waals surface area contributed by atoms with E-state index in [9.17, 15) is 21.6 Å². The highest BCUT2D eigenvalue weighted by molar-refractivity contribution is 9.10. The predicted molar refractivity (Wildman–Crippen MR) is 202 cm³/mol. The van der Waals surface area contributed by atoms with Gasteiger partial charge >= 0.3 is 0 Å². The van der Waals surface area contributed by atoms with Gasteiger partial charge in [-0.05, 0) is 90.3 Å². The summed E-state index contributed by atoms with van der Waals surface area (Å²) in [7, 11) is -8.06. The van der Waals surface area contributed by atoms with E-state index in [1.165, 1.54) is 46.9 Å². The molecule has 4 aromatic carbocycles. The zero-order valence-electron chi connectivity index (χ0n) is 26.6. The molecule has 51 heavy (non-hydrogen) atoms. The molecular formula is C35H30BrCl3N4O6S2. The first kappa shape index (κ1) is 38.7. The van der Waals surface area contributed by atoms with Gasteiger partial charge in [0.1, 0.15) is 11.5 Å². The van der Waals surface area contributed by atoms with Crippen LogP contribution in [0.5, 0.6) is 0 Å². The Labute approximate surface area is 319 Å². The molecule has 0 aliphatic carbocycles. The largest absolute Gasteiger partial charge is 0.459 e. The molecule has 266 valence electrons. The number of nitrogens with zero attached hydrogens (tertiary/aromatic N) is 3. The highest BCUT2D eigenvalue weighted by Crippen LogP contribution is 2.27. The second-order valence-corrected chi connectivity index (χ2v) is 17.1. The Bertz CT molecular complexity index is 2220. The maximum Gasteiger partial charge on any atom is 0.255 e. The topological polar surface area (TPSA) is 129 Å². The molecular weight excluding hydrogens is 823 g/mol. The molecule has 0 aliphatic heterocycles. The molecule has 0 saturated carbocycles. The van der Waals surface area contributed by atoms with Crippen molar-refractivity contribution < 1.29 is 26.0 Å². The lowest BCUT2D eigenvalue weighted by molar-refractivity contribution is -0.121. The summed E-state index contributed by atoms with van der Waals surface area (Å²) in [5.74, 6) is -0.172. The van der Waals surface area contributed by atoms with E-state index in [0.717, 1.165) is 9.87 Å². The highest BCUT2D eigenvalue weighted by Gasteiger charge is 2.28. The SMILES string of the molecule is O=C(CN(CCc1ccccc1)S(=O)(=O)c1ccc(Br)cc1)N/N=C\c1ccc(CN(Cc2ccc(Cl)c(Cl)c2)S(=O)(=O)c2ccc(Cl)cc2)o1. The molecule has 0 bridgehead atoms. The van der Waals surface area contributed by atoms with E-state index < -0.39 is 32.5 Å². The van der Waals surface area contributed by atoms with Gasteiger partial charge in [0.25, 0.3) is 5.91 Å². The summed E-state index contributed by atoms with van der Waals surface area (Å²) in [6.07, 6.45) is 1.62. The summed E-state index contributed by atoms with van der Waals surface area (Å²) < 4.78 is 63.3. The van der Waals surface area contributed by atoms with Crippen LogP contribution >= 0.6 is 50.7 Å². The molecule has 0 spiro atoms. The van der Waals surface area contributed by atoms with E-state index in [-0.39, 0.29) is 46.0 Å². The Morgan fingerprint density at radius 1 is 0.745 bits per heavy atom. The summed E-state index contributed by atoms with van der Waals surface area (Å²) in [4.78, 5) is 13.0. The lowest BCUT2D eigenvalue weighted by Crippen LogP contribution is -2.40. The first-order valence-electron chi connectivity index (χ1n) is 15.2. The maximum absolute atomic E-state index is 13.7. The highest BCUT2D eigenvalue weighted by atomic mass is 79.9. The van der Waals surface area contributed by atoms with Crippen LogP contribution in [-0.2, 0) is 44.4 Å². The number of carbonyl (C=O) groups excluding carboxylic acids is 1. The number of amides is 1.